The van der Waals surface area contributed by atoms with Gasteiger partial charge < -0.3 is 25.2 Å². The van der Waals surface area contributed by atoms with Crippen molar-refractivity contribution in [3.05, 3.63) is 0 Å². The van der Waals surface area contributed by atoms with E-state index in [4.69, 9.17) is 14.9 Å². The maximum Gasteiger partial charge on any atom is 0.100 e. The number of hydrogen-bond donors (Lipinski definition) is 4. The van der Waals surface area contributed by atoms with Crippen molar-refractivity contribution in [1.29, 1.82) is 0 Å². The van der Waals surface area contributed by atoms with Gasteiger partial charge in [0.2, 0.25) is 0 Å². The Labute approximate surface area is 82.9 Å². The lowest BCUT2D eigenvalue weighted by Crippen LogP contribution is -2.36. The van der Waals surface area contributed by atoms with Crippen LogP contribution in [0, 0.1) is 0 Å². The predicted molar refractivity (Wildman–Crippen MR) is 48.7 cm³/mol. The molecule has 5 heteroatoms. The summed E-state index contributed by atoms with van der Waals surface area (Å²) >= 11 is 0. The Kier molecular flexibility index (Phi) is 4.77. The molecule has 0 radical (unpaired) electrons. The summed E-state index contributed by atoms with van der Waals surface area (Å²) in [4.78, 5) is 0. The zero-order valence-corrected chi connectivity index (χ0v) is 8.04. The molecular formula is C9H18O5. The summed E-state index contributed by atoms with van der Waals surface area (Å²) in [5.41, 5.74) is 0. The van der Waals surface area contributed by atoms with Gasteiger partial charge in [0.15, 0.2) is 0 Å². The molecule has 0 amide bonds. The third-order valence-electron chi connectivity index (χ3n) is 2.35. The number of hydrogen-bond acceptors (Lipinski definition) is 5. The van der Waals surface area contributed by atoms with Crippen LogP contribution >= 0.6 is 0 Å². The standard InChI is InChI=1S/C9H18O5/c10-4-8(13)5-14-9-2-6(11)1-7(12)3-9/h6-13H,1-5H2. The molecular weight excluding hydrogens is 188 g/mol. The van der Waals surface area contributed by atoms with E-state index >= 15 is 0 Å². The molecule has 1 saturated carbocycles. The van der Waals surface area contributed by atoms with Crippen LogP contribution in [0.5, 0.6) is 0 Å². The van der Waals surface area contributed by atoms with Gasteiger partial charge in [0.25, 0.3) is 0 Å². The minimum atomic E-state index is -0.883. The van der Waals surface area contributed by atoms with E-state index in [1.54, 1.807) is 0 Å². The molecule has 0 aromatic heterocycles. The van der Waals surface area contributed by atoms with E-state index in [0.29, 0.717) is 19.3 Å². The maximum atomic E-state index is 9.32. The molecule has 1 rings (SSSR count). The zero-order valence-electron chi connectivity index (χ0n) is 8.04. The van der Waals surface area contributed by atoms with Gasteiger partial charge in [-0.2, -0.15) is 0 Å². The molecule has 0 spiro atoms. The Balaban J connectivity index is 2.23. The fourth-order valence-electron chi connectivity index (χ4n) is 1.65. The van der Waals surface area contributed by atoms with E-state index in [0.717, 1.165) is 0 Å². The SMILES string of the molecule is OCC(O)COC1CC(O)CC(O)C1. The lowest BCUT2D eigenvalue weighted by atomic mass is 9.92. The van der Waals surface area contributed by atoms with Crippen molar-refractivity contribution < 1.29 is 25.2 Å². The van der Waals surface area contributed by atoms with Crippen LogP contribution in [0.15, 0.2) is 0 Å². The minimum Gasteiger partial charge on any atom is -0.394 e. The van der Waals surface area contributed by atoms with E-state index in [-0.39, 0.29) is 19.3 Å². The van der Waals surface area contributed by atoms with Gasteiger partial charge >= 0.3 is 0 Å². The number of aliphatic hydroxyl groups is 4. The summed E-state index contributed by atoms with van der Waals surface area (Å²) in [5.74, 6) is 0. The molecule has 1 aliphatic rings. The van der Waals surface area contributed by atoms with Crippen LogP contribution in [-0.2, 0) is 4.74 Å². The Morgan fingerprint density at radius 3 is 2.21 bits per heavy atom. The first-order valence-electron chi connectivity index (χ1n) is 4.88. The molecule has 1 fully saturated rings. The van der Waals surface area contributed by atoms with Crippen molar-refractivity contribution >= 4 is 0 Å². The van der Waals surface area contributed by atoms with Crippen molar-refractivity contribution in [3.8, 4) is 0 Å². The fraction of sp³-hybridized carbons (Fsp3) is 1.00. The predicted octanol–water partition coefficient (Wildman–Crippen LogP) is -1.37. The molecule has 0 aliphatic heterocycles. The average Bonchev–Trinajstić information content (AvgIpc) is 2.12. The quantitative estimate of drug-likeness (QED) is 0.455. The van der Waals surface area contributed by atoms with E-state index < -0.39 is 18.3 Å². The van der Waals surface area contributed by atoms with Crippen molar-refractivity contribution in [1.82, 2.24) is 0 Å². The fourth-order valence-corrected chi connectivity index (χ4v) is 1.65. The van der Waals surface area contributed by atoms with Gasteiger partial charge in [0.05, 0.1) is 31.5 Å². The Morgan fingerprint density at radius 2 is 1.71 bits per heavy atom. The maximum absolute atomic E-state index is 9.32. The Morgan fingerprint density at radius 1 is 1.14 bits per heavy atom. The van der Waals surface area contributed by atoms with Crippen LogP contribution in [0.4, 0.5) is 0 Å². The van der Waals surface area contributed by atoms with Gasteiger partial charge in [-0.15, -0.1) is 0 Å². The number of aliphatic hydroxyl groups excluding tert-OH is 4. The Bertz CT molecular complexity index is 153. The van der Waals surface area contributed by atoms with Crippen LogP contribution in [0.25, 0.3) is 0 Å². The highest BCUT2D eigenvalue weighted by Gasteiger charge is 2.27. The van der Waals surface area contributed by atoms with Gasteiger partial charge in [0.1, 0.15) is 6.10 Å². The van der Waals surface area contributed by atoms with Gasteiger partial charge in [-0.3, -0.25) is 0 Å². The second kappa shape index (κ2) is 5.63. The summed E-state index contributed by atoms with van der Waals surface area (Å²) in [5, 5.41) is 36.2. The lowest BCUT2D eigenvalue weighted by molar-refractivity contribution is -0.0847. The largest absolute Gasteiger partial charge is 0.394 e. The first kappa shape index (κ1) is 11.9. The summed E-state index contributed by atoms with van der Waals surface area (Å²) in [6.45, 7) is -0.293. The highest BCUT2D eigenvalue weighted by atomic mass is 16.5. The molecule has 3 atom stereocenters. The molecule has 5 nitrogen and oxygen atoms in total. The van der Waals surface area contributed by atoms with E-state index in [1.165, 1.54) is 0 Å². The smallest absolute Gasteiger partial charge is 0.100 e. The van der Waals surface area contributed by atoms with Crippen molar-refractivity contribution in [2.75, 3.05) is 13.2 Å². The first-order chi connectivity index (χ1) is 6.61. The molecule has 3 unspecified atom stereocenters. The summed E-state index contributed by atoms with van der Waals surface area (Å²) in [6.07, 6.45) is -0.821. The van der Waals surface area contributed by atoms with Crippen LogP contribution in [0.3, 0.4) is 0 Å². The molecule has 0 aromatic rings. The van der Waals surface area contributed by atoms with E-state index in [9.17, 15) is 10.2 Å². The lowest BCUT2D eigenvalue weighted by Gasteiger charge is -2.30. The van der Waals surface area contributed by atoms with Crippen LogP contribution in [0.2, 0.25) is 0 Å². The Hall–Kier alpha value is -0.200. The normalized spacial score (nSPS) is 35.6. The minimum absolute atomic E-state index is 0.0423. The molecule has 0 bridgehead atoms. The van der Waals surface area contributed by atoms with Crippen molar-refractivity contribution in [3.63, 3.8) is 0 Å². The summed E-state index contributed by atoms with van der Waals surface area (Å²) in [6, 6.07) is 0. The van der Waals surface area contributed by atoms with Crippen LogP contribution in [0.1, 0.15) is 19.3 Å². The molecule has 0 aromatic carbocycles. The van der Waals surface area contributed by atoms with E-state index in [2.05, 4.69) is 0 Å². The van der Waals surface area contributed by atoms with Crippen molar-refractivity contribution in [2.45, 2.75) is 43.7 Å². The average molecular weight is 206 g/mol. The molecule has 14 heavy (non-hydrogen) atoms. The number of ether oxygens (including phenoxy) is 1. The van der Waals surface area contributed by atoms with E-state index in [1.807, 2.05) is 0 Å². The van der Waals surface area contributed by atoms with Gasteiger partial charge in [-0.05, 0) is 19.3 Å². The number of rotatable bonds is 4. The highest BCUT2D eigenvalue weighted by Crippen LogP contribution is 2.21. The molecule has 4 N–H and O–H groups in total. The van der Waals surface area contributed by atoms with Gasteiger partial charge in [-0.1, -0.05) is 0 Å². The topological polar surface area (TPSA) is 90.2 Å². The third-order valence-corrected chi connectivity index (χ3v) is 2.35. The van der Waals surface area contributed by atoms with Gasteiger partial charge in [-0.25, -0.2) is 0 Å². The second-order valence-electron chi connectivity index (χ2n) is 3.81. The zero-order chi connectivity index (χ0) is 10.6. The van der Waals surface area contributed by atoms with Crippen LogP contribution < -0.4 is 0 Å². The molecule has 1 aliphatic carbocycles. The molecule has 84 valence electrons. The monoisotopic (exact) mass is 206 g/mol. The second-order valence-corrected chi connectivity index (χ2v) is 3.81. The first-order valence-corrected chi connectivity index (χ1v) is 4.88. The highest BCUT2D eigenvalue weighted by molar-refractivity contribution is 4.78. The summed E-state index contributed by atoms with van der Waals surface area (Å²) in [7, 11) is 0. The van der Waals surface area contributed by atoms with Crippen molar-refractivity contribution in [2.24, 2.45) is 0 Å². The molecule has 0 saturated heterocycles. The van der Waals surface area contributed by atoms with Gasteiger partial charge in [0, 0.05) is 0 Å². The van der Waals surface area contributed by atoms with Crippen LogP contribution in [-0.4, -0.2) is 58.1 Å². The third kappa shape index (κ3) is 3.89. The summed E-state index contributed by atoms with van der Waals surface area (Å²) < 4.78 is 5.25. The molecule has 0 heterocycles.